The predicted octanol–water partition coefficient (Wildman–Crippen LogP) is 2.00. The summed E-state index contributed by atoms with van der Waals surface area (Å²) in [5, 5.41) is 0. The van der Waals surface area contributed by atoms with Gasteiger partial charge in [0.25, 0.3) is 0 Å². The summed E-state index contributed by atoms with van der Waals surface area (Å²) in [6.07, 6.45) is 2.32. The van der Waals surface area contributed by atoms with Crippen molar-refractivity contribution in [3.05, 3.63) is 0 Å². The smallest absolute Gasteiger partial charge is 0.0925 e. The van der Waals surface area contributed by atoms with Crippen molar-refractivity contribution in [1.29, 1.82) is 0 Å². The minimum atomic E-state index is -0.0848. The molecule has 0 spiro atoms. The zero-order valence-electron chi connectivity index (χ0n) is 4.65. The fraction of sp³-hybridized carbons (Fsp3) is 1.00. The lowest BCUT2D eigenvalue weighted by Gasteiger charge is -1.83. The number of hydrogen-bond donors (Lipinski definition) is 0. The van der Waals surface area contributed by atoms with Gasteiger partial charge in [-0.15, -0.1) is 0 Å². The number of rotatable bonds is 2. The van der Waals surface area contributed by atoms with E-state index in [0.717, 1.165) is 12.3 Å². The Balaban J connectivity index is 2.06. The molecule has 0 aromatic rings. The van der Waals surface area contributed by atoms with Crippen molar-refractivity contribution >= 4 is 0 Å². The third-order valence-electron chi connectivity index (χ3n) is 1.79. The van der Waals surface area contributed by atoms with Gasteiger partial charge < -0.3 is 0 Å². The molecule has 0 unspecified atom stereocenters. The Labute approximate surface area is 43.7 Å². The van der Waals surface area contributed by atoms with Crippen LogP contribution in [-0.4, -0.2) is 6.67 Å². The molecule has 2 atom stereocenters. The fourth-order valence-electron chi connectivity index (χ4n) is 0.999. The van der Waals surface area contributed by atoms with Crippen LogP contribution in [0.1, 0.15) is 19.8 Å². The van der Waals surface area contributed by atoms with Gasteiger partial charge in [-0.3, -0.25) is 4.39 Å². The Kier molecular flexibility index (Phi) is 1.31. The molecule has 42 valence electrons. The summed E-state index contributed by atoms with van der Waals surface area (Å²) in [6, 6.07) is 0. The maximum absolute atomic E-state index is 11.6. The van der Waals surface area contributed by atoms with Gasteiger partial charge in [0.15, 0.2) is 0 Å². The van der Waals surface area contributed by atoms with Gasteiger partial charge in [-0.05, 0) is 18.3 Å². The molecule has 1 rings (SSSR count). The SMILES string of the molecule is CC[C@@H]1C[C@H]1CF. The molecule has 1 aliphatic carbocycles. The van der Waals surface area contributed by atoms with Gasteiger partial charge in [0.05, 0.1) is 6.67 Å². The van der Waals surface area contributed by atoms with Gasteiger partial charge in [-0.1, -0.05) is 13.3 Å². The summed E-state index contributed by atoms with van der Waals surface area (Å²) in [6.45, 7) is 2.04. The lowest BCUT2D eigenvalue weighted by molar-refractivity contribution is 0.437. The summed E-state index contributed by atoms with van der Waals surface area (Å²) in [5.74, 6) is 1.19. The molecule has 7 heavy (non-hydrogen) atoms. The van der Waals surface area contributed by atoms with Crippen LogP contribution < -0.4 is 0 Å². The predicted molar refractivity (Wildman–Crippen MR) is 27.9 cm³/mol. The van der Waals surface area contributed by atoms with Crippen LogP contribution in [0.4, 0.5) is 4.39 Å². The van der Waals surface area contributed by atoms with Crippen molar-refractivity contribution < 1.29 is 4.39 Å². The summed E-state index contributed by atoms with van der Waals surface area (Å²) in [7, 11) is 0. The van der Waals surface area contributed by atoms with Gasteiger partial charge in [-0.25, -0.2) is 0 Å². The normalized spacial score (nSPS) is 38.6. The fourth-order valence-corrected chi connectivity index (χ4v) is 0.999. The first-order valence-corrected chi connectivity index (χ1v) is 2.94. The third-order valence-corrected chi connectivity index (χ3v) is 1.79. The van der Waals surface area contributed by atoms with Crippen LogP contribution in [0.25, 0.3) is 0 Å². The minimum absolute atomic E-state index is 0.0848. The highest BCUT2D eigenvalue weighted by atomic mass is 19.1. The molecule has 0 N–H and O–H groups in total. The molecule has 0 amide bonds. The molecule has 1 heteroatoms. The monoisotopic (exact) mass is 102 g/mol. The molecular formula is C6H11F. The van der Waals surface area contributed by atoms with Gasteiger partial charge in [0.2, 0.25) is 0 Å². The summed E-state index contributed by atoms with van der Waals surface area (Å²) in [4.78, 5) is 0. The van der Waals surface area contributed by atoms with E-state index in [2.05, 4.69) is 6.92 Å². The number of halogens is 1. The first-order chi connectivity index (χ1) is 3.38. The molecule has 0 radical (unpaired) electrons. The van der Waals surface area contributed by atoms with E-state index in [-0.39, 0.29) is 6.67 Å². The van der Waals surface area contributed by atoms with E-state index >= 15 is 0 Å². The van der Waals surface area contributed by atoms with Crippen LogP contribution in [0.5, 0.6) is 0 Å². The van der Waals surface area contributed by atoms with Crippen LogP contribution in [0.2, 0.25) is 0 Å². The molecule has 0 aliphatic heterocycles. The summed E-state index contributed by atoms with van der Waals surface area (Å²) >= 11 is 0. The van der Waals surface area contributed by atoms with Crippen molar-refractivity contribution in [2.75, 3.05) is 6.67 Å². The lowest BCUT2D eigenvalue weighted by atomic mass is 10.3. The highest BCUT2D eigenvalue weighted by Crippen LogP contribution is 2.40. The quantitative estimate of drug-likeness (QED) is 0.500. The van der Waals surface area contributed by atoms with Crippen LogP contribution in [0.15, 0.2) is 0 Å². The Morgan fingerprint density at radius 1 is 1.57 bits per heavy atom. The second kappa shape index (κ2) is 1.81. The highest BCUT2D eigenvalue weighted by Gasteiger charge is 2.34. The zero-order chi connectivity index (χ0) is 5.28. The maximum atomic E-state index is 11.6. The topological polar surface area (TPSA) is 0 Å². The van der Waals surface area contributed by atoms with Crippen molar-refractivity contribution in [3.8, 4) is 0 Å². The van der Waals surface area contributed by atoms with E-state index in [4.69, 9.17) is 0 Å². The maximum Gasteiger partial charge on any atom is 0.0925 e. The van der Waals surface area contributed by atoms with Gasteiger partial charge in [0, 0.05) is 0 Å². The lowest BCUT2D eigenvalue weighted by Crippen LogP contribution is -1.80. The minimum Gasteiger partial charge on any atom is -0.251 e. The Morgan fingerprint density at radius 3 is 2.43 bits per heavy atom. The van der Waals surface area contributed by atoms with E-state index in [9.17, 15) is 4.39 Å². The zero-order valence-corrected chi connectivity index (χ0v) is 4.65. The molecule has 0 nitrogen and oxygen atoms in total. The van der Waals surface area contributed by atoms with E-state index in [1.54, 1.807) is 0 Å². The second-order valence-electron chi connectivity index (χ2n) is 2.32. The summed E-state index contributed by atoms with van der Waals surface area (Å²) < 4.78 is 11.6. The molecule has 0 aromatic carbocycles. The largest absolute Gasteiger partial charge is 0.251 e. The van der Waals surface area contributed by atoms with E-state index in [1.165, 1.54) is 6.42 Å². The first-order valence-electron chi connectivity index (χ1n) is 2.94. The second-order valence-corrected chi connectivity index (χ2v) is 2.32. The molecule has 1 aliphatic rings. The van der Waals surface area contributed by atoms with Crippen LogP contribution >= 0.6 is 0 Å². The molecular weight excluding hydrogens is 91.1 g/mol. The molecule has 1 fully saturated rings. The van der Waals surface area contributed by atoms with Crippen molar-refractivity contribution in [3.63, 3.8) is 0 Å². The first kappa shape index (κ1) is 5.07. The van der Waals surface area contributed by atoms with Crippen molar-refractivity contribution in [2.24, 2.45) is 11.8 Å². The molecule has 0 bridgehead atoms. The Hall–Kier alpha value is -0.0700. The number of hydrogen-bond acceptors (Lipinski definition) is 0. The third kappa shape index (κ3) is 0.929. The summed E-state index contributed by atoms with van der Waals surface area (Å²) in [5.41, 5.74) is 0. The average molecular weight is 102 g/mol. The van der Waals surface area contributed by atoms with Crippen molar-refractivity contribution in [2.45, 2.75) is 19.8 Å². The van der Waals surface area contributed by atoms with E-state index < -0.39 is 0 Å². The standard InChI is InChI=1S/C6H11F/c1-2-5-3-6(5)4-7/h5-6H,2-4H2,1H3/t5-,6+/m1/s1. The van der Waals surface area contributed by atoms with E-state index in [1.807, 2.05) is 0 Å². The molecule has 0 heterocycles. The van der Waals surface area contributed by atoms with Gasteiger partial charge in [0.1, 0.15) is 0 Å². The van der Waals surface area contributed by atoms with Gasteiger partial charge in [-0.2, -0.15) is 0 Å². The Bertz CT molecular complexity index is 53.2. The van der Waals surface area contributed by atoms with E-state index in [0.29, 0.717) is 5.92 Å². The van der Waals surface area contributed by atoms with Crippen LogP contribution in [0, 0.1) is 11.8 Å². The average Bonchev–Trinajstić information content (AvgIpc) is 2.43. The van der Waals surface area contributed by atoms with Gasteiger partial charge >= 0.3 is 0 Å². The van der Waals surface area contributed by atoms with Crippen molar-refractivity contribution in [1.82, 2.24) is 0 Å². The van der Waals surface area contributed by atoms with Crippen LogP contribution in [-0.2, 0) is 0 Å². The molecule has 1 saturated carbocycles. The highest BCUT2D eigenvalue weighted by molar-refractivity contribution is 4.83. The van der Waals surface area contributed by atoms with Crippen LogP contribution in [0.3, 0.4) is 0 Å². The molecule has 0 aromatic heterocycles. The number of alkyl halides is 1. The Morgan fingerprint density at radius 2 is 2.29 bits per heavy atom. The molecule has 0 saturated heterocycles.